The molecular formula is C10H11N5O3. The lowest BCUT2D eigenvalue weighted by molar-refractivity contribution is -0.384. The molecule has 2 aromatic rings. The van der Waals surface area contributed by atoms with Crippen molar-refractivity contribution in [2.45, 2.75) is 13.3 Å². The molecule has 0 bridgehead atoms. The number of hydrogen-bond acceptors (Lipinski definition) is 7. The van der Waals surface area contributed by atoms with Crippen molar-refractivity contribution in [3.05, 3.63) is 40.2 Å². The number of anilines is 1. The molecule has 0 aliphatic carbocycles. The number of aryl methyl sites for hydroxylation is 1. The highest BCUT2D eigenvalue weighted by atomic mass is 16.6. The van der Waals surface area contributed by atoms with Gasteiger partial charge in [-0.3, -0.25) is 10.1 Å². The number of rotatable bonds is 5. The van der Waals surface area contributed by atoms with Crippen molar-refractivity contribution in [1.29, 1.82) is 0 Å². The van der Waals surface area contributed by atoms with Crippen LogP contribution in [0, 0.1) is 17.0 Å². The Morgan fingerprint density at radius 3 is 3.00 bits per heavy atom. The van der Waals surface area contributed by atoms with Crippen LogP contribution < -0.4 is 5.32 Å². The summed E-state index contributed by atoms with van der Waals surface area (Å²) < 4.78 is 4.82. The van der Waals surface area contributed by atoms with Crippen LogP contribution in [-0.4, -0.2) is 26.6 Å². The SMILES string of the molecule is Cc1ccnc(NCCc2ncno2)c1[N+](=O)[O-]. The van der Waals surface area contributed by atoms with Crippen molar-refractivity contribution in [2.24, 2.45) is 0 Å². The third-order valence-electron chi connectivity index (χ3n) is 2.35. The van der Waals surface area contributed by atoms with E-state index in [0.29, 0.717) is 24.4 Å². The van der Waals surface area contributed by atoms with Crippen molar-refractivity contribution in [3.8, 4) is 0 Å². The molecule has 1 N–H and O–H groups in total. The van der Waals surface area contributed by atoms with Crippen molar-refractivity contribution >= 4 is 11.5 Å². The molecule has 8 heteroatoms. The molecule has 2 aromatic heterocycles. The summed E-state index contributed by atoms with van der Waals surface area (Å²) in [5, 5.41) is 17.3. The minimum atomic E-state index is -0.447. The largest absolute Gasteiger partial charge is 0.364 e. The normalized spacial score (nSPS) is 10.3. The summed E-state index contributed by atoms with van der Waals surface area (Å²) in [6.45, 7) is 2.10. The Bertz CT molecular complexity index is 540. The fourth-order valence-corrected chi connectivity index (χ4v) is 1.50. The second-order valence-electron chi connectivity index (χ2n) is 3.59. The van der Waals surface area contributed by atoms with Crippen LogP contribution in [0.25, 0.3) is 0 Å². The summed E-state index contributed by atoms with van der Waals surface area (Å²) >= 11 is 0. The molecule has 0 fully saturated rings. The fraction of sp³-hybridized carbons (Fsp3) is 0.300. The molecule has 0 unspecified atom stereocenters. The average Bonchev–Trinajstić information content (AvgIpc) is 2.81. The van der Waals surface area contributed by atoms with E-state index in [-0.39, 0.29) is 11.5 Å². The van der Waals surface area contributed by atoms with E-state index in [9.17, 15) is 10.1 Å². The molecule has 0 aliphatic rings. The maximum Gasteiger partial charge on any atom is 0.314 e. The second-order valence-corrected chi connectivity index (χ2v) is 3.59. The minimum Gasteiger partial charge on any atom is -0.364 e. The summed E-state index contributed by atoms with van der Waals surface area (Å²) in [4.78, 5) is 18.3. The lowest BCUT2D eigenvalue weighted by atomic mass is 10.2. The van der Waals surface area contributed by atoms with Gasteiger partial charge in [-0.15, -0.1) is 0 Å². The molecule has 0 saturated carbocycles. The van der Waals surface area contributed by atoms with Crippen molar-refractivity contribution in [3.63, 3.8) is 0 Å². The molecule has 94 valence electrons. The van der Waals surface area contributed by atoms with Crippen LogP contribution in [-0.2, 0) is 6.42 Å². The third-order valence-corrected chi connectivity index (χ3v) is 2.35. The number of aromatic nitrogens is 3. The number of pyridine rings is 1. The highest BCUT2D eigenvalue weighted by Crippen LogP contribution is 2.25. The highest BCUT2D eigenvalue weighted by molar-refractivity contribution is 5.59. The number of nitrogens with zero attached hydrogens (tertiary/aromatic N) is 4. The van der Waals surface area contributed by atoms with E-state index >= 15 is 0 Å². The van der Waals surface area contributed by atoms with Gasteiger partial charge >= 0.3 is 5.69 Å². The van der Waals surface area contributed by atoms with Gasteiger partial charge in [-0.2, -0.15) is 4.98 Å². The van der Waals surface area contributed by atoms with Gasteiger partial charge in [0.05, 0.1) is 4.92 Å². The van der Waals surface area contributed by atoms with Crippen LogP contribution >= 0.6 is 0 Å². The predicted molar refractivity (Wildman–Crippen MR) is 62.1 cm³/mol. The maximum atomic E-state index is 10.9. The molecule has 0 amide bonds. The van der Waals surface area contributed by atoms with E-state index in [1.165, 1.54) is 12.5 Å². The number of nitro groups is 1. The average molecular weight is 249 g/mol. The van der Waals surface area contributed by atoms with Crippen molar-refractivity contribution in [2.75, 3.05) is 11.9 Å². The first-order valence-electron chi connectivity index (χ1n) is 5.28. The molecule has 0 radical (unpaired) electrons. The van der Waals surface area contributed by atoms with Gasteiger partial charge in [-0.1, -0.05) is 5.16 Å². The van der Waals surface area contributed by atoms with Gasteiger partial charge in [0.1, 0.15) is 0 Å². The zero-order valence-electron chi connectivity index (χ0n) is 9.66. The van der Waals surface area contributed by atoms with Crippen LogP contribution in [0.3, 0.4) is 0 Å². The Morgan fingerprint density at radius 1 is 1.50 bits per heavy atom. The lowest BCUT2D eigenvalue weighted by Gasteiger charge is -2.05. The molecule has 8 nitrogen and oxygen atoms in total. The van der Waals surface area contributed by atoms with Crippen LogP contribution in [0.15, 0.2) is 23.1 Å². The van der Waals surface area contributed by atoms with Crippen LogP contribution in [0.5, 0.6) is 0 Å². The Balaban J connectivity index is 2.05. The monoisotopic (exact) mass is 249 g/mol. The van der Waals surface area contributed by atoms with Gasteiger partial charge < -0.3 is 9.84 Å². The molecule has 18 heavy (non-hydrogen) atoms. The summed E-state index contributed by atoms with van der Waals surface area (Å²) in [5.41, 5.74) is 0.554. The molecule has 0 spiro atoms. The number of nitrogens with one attached hydrogen (secondary N) is 1. The zero-order valence-corrected chi connectivity index (χ0v) is 9.66. The minimum absolute atomic E-state index is 0.0111. The Labute approximate surface area is 102 Å². The quantitative estimate of drug-likeness (QED) is 0.629. The molecule has 0 atom stereocenters. The van der Waals surface area contributed by atoms with Gasteiger partial charge in [0.25, 0.3) is 0 Å². The summed E-state index contributed by atoms with van der Waals surface area (Å²) in [5.74, 6) is 0.720. The topological polar surface area (TPSA) is 107 Å². The molecule has 0 aliphatic heterocycles. The first kappa shape index (κ1) is 12.0. The summed E-state index contributed by atoms with van der Waals surface area (Å²) in [6.07, 6.45) is 3.31. The smallest absolute Gasteiger partial charge is 0.314 e. The van der Waals surface area contributed by atoms with E-state index in [4.69, 9.17) is 4.52 Å². The second kappa shape index (κ2) is 5.21. The van der Waals surface area contributed by atoms with E-state index < -0.39 is 4.92 Å². The number of hydrogen-bond donors (Lipinski definition) is 1. The van der Waals surface area contributed by atoms with Gasteiger partial charge in [-0.05, 0) is 13.0 Å². The van der Waals surface area contributed by atoms with Gasteiger partial charge in [0.15, 0.2) is 6.33 Å². The lowest BCUT2D eigenvalue weighted by Crippen LogP contribution is -2.09. The van der Waals surface area contributed by atoms with E-state index in [1.54, 1.807) is 13.0 Å². The van der Waals surface area contributed by atoms with E-state index in [1.807, 2.05) is 0 Å². The van der Waals surface area contributed by atoms with Gasteiger partial charge in [0, 0.05) is 24.7 Å². The Hall–Kier alpha value is -2.51. The predicted octanol–water partition coefficient (Wildman–Crippen LogP) is 1.34. The van der Waals surface area contributed by atoms with Crippen molar-refractivity contribution in [1.82, 2.24) is 15.1 Å². The third kappa shape index (κ3) is 2.59. The molecule has 0 aromatic carbocycles. The van der Waals surface area contributed by atoms with E-state index in [0.717, 1.165) is 0 Å². The first-order valence-corrected chi connectivity index (χ1v) is 5.28. The molecule has 2 rings (SSSR count). The zero-order chi connectivity index (χ0) is 13.0. The van der Waals surface area contributed by atoms with Crippen LogP contribution in [0.4, 0.5) is 11.5 Å². The van der Waals surface area contributed by atoms with E-state index in [2.05, 4.69) is 20.4 Å². The van der Waals surface area contributed by atoms with Crippen molar-refractivity contribution < 1.29 is 9.45 Å². The van der Waals surface area contributed by atoms with Crippen LogP contribution in [0.1, 0.15) is 11.5 Å². The fourth-order valence-electron chi connectivity index (χ4n) is 1.50. The molecule has 2 heterocycles. The first-order chi connectivity index (χ1) is 8.68. The maximum absolute atomic E-state index is 10.9. The Morgan fingerprint density at radius 2 is 2.33 bits per heavy atom. The van der Waals surface area contributed by atoms with Gasteiger partial charge in [-0.25, -0.2) is 4.98 Å². The van der Waals surface area contributed by atoms with Crippen LogP contribution in [0.2, 0.25) is 0 Å². The molecular weight excluding hydrogens is 238 g/mol. The van der Waals surface area contributed by atoms with Gasteiger partial charge in [0.2, 0.25) is 11.7 Å². The Kier molecular flexibility index (Phi) is 3.46. The standard InChI is InChI=1S/C10H11N5O3/c1-7-2-4-11-10(9(7)15(16)17)12-5-3-8-13-6-14-18-8/h2,4,6H,3,5H2,1H3,(H,11,12). The summed E-state index contributed by atoms with van der Waals surface area (Å²) in [6, 6.07) is 1.60. The summed E-state index contributed by atoms with van der Waals surface area (Å²) in [7, 11) is 0. The molecule has 0 saturated heterocycles. The highest BCUT2D eigenvalue weighted by Gasteiger charge is 2.17.